The highest BCUT2D eigenvalue weighted by Crippen LogP contribution is 2.25. The van der Waals surface area contributed by atoms with Crippen LogP contribution in [0.25, 0.3) is 5.13 Å². The van der Waals surface area contributed by atoms with Crippen LogP contribution in [-0.2, 0) is 11.3 Å². The van der Waals surface area contributed by atoms with Crippen LogP contribution >= 0.6 is 11.3 Å². The van der Waals surface area contributed by atoms with Crippen molar-refractivity contribution < 1.29 is 4.74 Å². The van der Waals surface area contributed by atoms with Gasteiger partial charge in [-0.3, -0.25) is 4.57 Å². The smallest absolute Gasteiger partial charge is 0.218 e. The number of hydrogen-bond donors (Lipinski definition) is 1. The Morgan fingerprint density at radius 2 is 1.92 bits per heavy atom. The molecule has 24 heavy (non-hydrogen) atoms. The third kappa shape index (κ3) is 3.63. The van der Waals surface area contributed by atoms with Gasteiger partial charge in [-0.2, -0.15) is 0 Å². The van der Waals surface area contributed by atoms with Gasteiger partial charge in [0.25, 0.3) is 0 Å². The van der Waals surface area contributed by atoms with E-state index in [9.17, 15) is 0 Å². The normalized spacial score (nSPS) is 19.8. The molecule has 0 amide bonds. The molecule has 2 fully saturated rings. The van der Waals surface area contributed by atoms with Crippen LogP contribution in [0.4, 0.5) is 5.13 Å². The Balaban J connectivity index is 1.43. The monoisotopic (exact) mass is 347 g/mol. The highest BCUT2D eigenvalue weighted by atomic mass is 32.1. The highest BCUT2D eigenvalue weighted by molar-refractivity contribution is 7.17. The van der Waals surface area contributed by atoms with Crippen molar-refractivity contribution in [1.29, 1.82) is 0 Å². The molecular formula is C17H25N5OS. The molecule has 2 aromatic rings. The third-order valence-corrected chi connectivity index (χ3v) is 5.88. The molecule has 0 radical (unpaired) electrons. The lowest BCUT2D eigenvalue weighted by Gasteiger charge is -2.25. The fraction of sp³-hybridized carbons (Fsp3) is 0.647. The molecule has 1 saturated carbocycles. The van der Waals surface area contributed by atoms with Crippen molar-refractivity contribution in [1.82, 2.24) is 20.1 Å². The van der Waals surface area contributed by atoms with E-state index in [-0.39, 0.29) is 0 Å². The number of hydrogen-bond acceptors (Lipinski definition) is 6. The molecule has 1 aliphatic heterocycles. The summed E-state index contributed by atoms with van der Waals surface area (Å²) in [5, 5.41) is 14.4. The molecular weight excluding hydrogens is 322 g/mol. The Morgan fingerprint density at radius 3 is 2.75 bits per heavy atom. The maximum absolute atomic E-state index is 5.41. The second kappa shape index (κ2) is 7.63. The molecule has 2 aliphatic rings. The predicted molar refractivity (Wildman–Crippen MR) is 96.0 cm³/mol. The average Bonchev–Trinajstić information content (AvgIpc) is 3.31. The summed E-state index contributed by atoms with van der Waals surface area (Å²) in [5.74, 6) is 0. The van der Waals surface area contributed by atoms with Crippen LogP contribution in [0.3, 0.4) is 0 Å². The van der Waals surface area contributed by atoms with Gasteiger partial charge >= 0.3 is 0 Å². The van der Waals surface area contributed by atoms with Crippen molar-refractivity contribution in [3.8, 4) is 5.13 Å². The minimum absolute atomic E-state index is 0.667. The zero-order valence-corrected chi connectivity index (χ0v) is 14.8. The molecule has 0 unspecified atom stereocenters. The summed E-state index contributed by atoms with van der Waals surface area (Å²) in [5.41, 5.74) is 1.25. The quantitative estimate of drug-likeness (QED) is 0.901. The van der Waals surface area contributed by atoms with Gasteiger partial charge in [0, 0.05) is 37.6 Å². The summed E-state index contributed by atoms with van der Waals surface area (Å²) in [6, 6.07) is 4.93. The zero-order valence-electron chi connectivity index (χ0n) is 14.0. The van der Waals surface area contributed by atoms with Gasteiger partial charge in [-0.15, -0.1) is 10.2 Å². The Labute approximate surface area is 146 Å². The summed E-state index contributed by atoms with van der Waals surface area (Å²) >= 11 is 1.66. The second-order valence-electron chi connectivity index (χ2n) is 6.55. The van der Waals surface area contributed by atoms with E-state index in [2.05, 4.69) is 43.3 Å². The van der Waals surface area contributed by atoms with E-state index in [0.29, 0.717) is 6.04 Å². The molecule has 0 aromatic carbocycles. The van der Waals surface area contributed by atoms with Crippen molar-refractivity contribution in [2.45, 2.75) is 44.7 Å². The summed E-state index contributed by atoms with van der Waals surface area (Å²) < 4.78 is 7.57. The highest BCUT2D eigenvalue weighted by Gasteiger charge is 2.18. The van der Waals surface area contributed by atoms with Gasteiger partial charge in [-0.25, -0.2) is 0 Å². The first-order valence-corrected chi connectivity index (χ1v) is 9.78. The van der Waals surface area contributed by atoms with Gasteiger partial charge in [0.1, 0.15) is 0 Å². The van der Waals surface area contributed by atoms with Crippen LogP contribution in [-0.4, -0.2) is 47.1 Å². The van der Waals surface area contributed by atoms with E-state index in [1.54, 1.807) is 11.3 Å². The summed E-state index contributed by atoms with van der Waals surface area (Å²) in [6.07, 6.45) is 8.81. The predicted octanol–water partition coefficient (Wildman–Crippen LogP) is 2.59. The van der Waals surface area contributed by atoms with Crippen LogP contribution in [0.1, 0.15) is 37.8 Å². The SMILES string of the molecule is c1cc(CNC2CCCCC2)n(-c2nnc(N3CCOCC3)s2)c1. The lowest BCUT2D eigenvalue weighted by Crippen LogP contribution is -2.36. The van der Waals surface area contributed by atoms with Gasteiger partial charge in [0.05, 0.1) is 13.2 Å². The van der Waals surface area contributed by atoms with Crippen molar-refractivity contribution in [3.63, 3.8) is 0 Å². The maximum atomic E-state index is 5.41. The summed E-state index contributed by atoms with van der Waals surface area (Å²) in [4.78, 5) is 2.26. The van der Waals surface area contributed by atoms with Crippen LogP contribution in [0.5, 0.6) is 0 Å². The topological polar surface area (TPSA) is 55.2 Å². The number of nitrogens with zero attached hydrogens (tertiary/aromatic N) is 4. The van der Waals surface area contributed by atoms with E-state index >= 15 is 0 Å². The van der Waals surface area contributed by atoms with Gasteiger partial charge in [0.15, 0.2) is 0 Å². The number of ether oxygens (including phenoxy) is 1. The molecule has 0 spiro atoms. The van der Waals surface area contributed by atoms with Crippen molar-refractivity contribution in [2.75, 3.05) is 31.2 Å². The Morgan fingerprint density at radius 1 is 1.12 bits per heavy atom. The van der Waals surface area contributed by atoms with Crippen LogP contribution < -0.4 is 10.2 Å². The molecule has 6 nitrogen and oxygen atoms in total. The molecule has 4 rings (SSSR count). The van der Waals surface area contributed by atoms with Crippen molar-refractivity contribution >= 4 is 16.5 Å². The standard InChI is InChI=1S/C17H25N5OS/c1-2-5-14(6-3-1)18-13-15-7-4-8-22(15)17-20-19-16(24-17)21-9-11-23-12-10-21/h4,7-8,14,18H,1-3,5-6,9-13H2. The molecule has 1 aliphatic carbocycles. The van der Waals surface area contributed by atoms with Gasteiger partial charge in [0.2, 0.25) is 10.3 Å². The first-order valence-electron chi connectivity index (χ1n) is 8.96. The van der Waals surface area contributed by atoms with E-state index in [0.717, 1.165) is 43.1 Å². The fourth-order valence-corrected chi connectivity index (χ4v) is 4.41. The Kier molecular flexibility index (Phi) is 5.10. The van der Waals surface area contributed by atoms with E-state index in [1.807, 2.05) is 0 Å². The third-order valence-electron chi connectivity index (χ3n) is 4.90. The molecule has 3 heterocycles. The molecule has 1 saturated heterocycles. The number of morpholine rings is 1. The number of aromatic nitrogens is 3. The van der Waals surface area contributed by atoms with Crippen molar-refractivity contribution in [3.05, 3.63) is 24.0 Å². The Bertz CT molecular complexity index is 643. The van der Waals surface area contributed by atoms with Crippen LogP contribution in [0.15, 0.2) is 18.3 Å². The molecule has 0 atom stereocenters. The molecule has 0 bridgehead atoms. The lowest BCUT2D eigenvalue weighted by molar-refractivity contribution is 0.122. The van der Waals surface area contributed by atoms with Gasteiger partial charge in [-0.1, -0.05) is 30.6 Å². The largest absolute Gasteiger partial charge is 0.378 e. The van der Waals surface area contributed by atoms with Crippen molar-refractivity contribution in [2.24, 2.45) is 0 Å². The minimum Gasteiger partial charge on any atom is -0.378 e. The summed E-state index contributed by atoms with van der Waals surface area (Å²) in [6.45, 7) is 4.24. The molecule has 130 valence electrons. The first kappa shape index (κ1) is 16.1. The van der Waals surface area contributed by atoms with Gasteiger partial charge in [-0.05, 0) is 25.0 Å². The average molecular weight is 347 g/mol. The fourth-order valence-electron chi connectivity index (χ4n) is 3.49. The first-order chi connectivity index (χ1) is 11.9. The molecule has 7 heteroatoms. The molecule has 2 aromatic heterocycles. The maximum Gasteiger partial charge on any atom is 0.218 e. The Hall–Kier alpha value is -1.44. The number of anilines is 1. The summed E-state index contributed by atoms with van der Waals surface area (Å²) in [7, 11) is 0. The molecule has 1 N–H and O–H groups in total. The lowest BCUT2D eigenvalue weighted by atomic mass is 9.95. The number of rotatable bonds is 5. The van der Waals surface area contributed by atoms with Gasteiger partial charge < -0.3 is 15.0 Å². The van der Waals surface area contributed by atoms with E-state index < -0.39 is 0 Å². The van der Waals surface area contributed by atoms with Crippen LogP contribution in [0.2, 0.25) is 0 Å². The van der Waals surface area contributed by atoms with E-state index in [4.69, 9.17) is 4.74 Å². The zero-order chi connectivity index (χ0) is 16.2. The number of nitrogens with one attached hydrogen (secondary N) is 1. The van der Waals surface area contributed by atoms with E-state index in [1.165, 1.54) is 37.8 Å². The minimum atomic E-state index is 0.667. The second-order valence-corrected chi connectivity index (χ2v) is 7.49. The van der Waals surface area contributed by atoms with Crippen LogP contribution in [0, 0.1) is 0 Å².